The van der Waals surface area contributed by atoms with Crippen molar-refractivity contribution in [3.8, 4) is 5.13 Å². The Morgan fingerprint density at radius 1 is 1.33 bits per heavy atom. The number of aromatic nitrogens is 4. The maximum absolute atomic E-state index is 13.2. The third-order valence-electron chi connectivity index (χ3n) is 5.80. The predicted octanol–water partition coefficient (Wildman–Crippen LogP) is 2.96. The van der Waals surface area contributed by atoms with Crippen molar-refractivity contribution in [2.45, 2.75) is 49.6 Å². The standard InChI is InChI=1S/C20H23F2N7O2S2/c1-11-9-28(10-12(2)24-11)15-6-13(33(30,31)27-20(3)4-5-20)7-16-14(15)8-23-29(16)19-26-25-18(32-19)17(21)22/h6-8,12,17,24,27H,1,4-5,9-10H2,2-3H3/t12-/m1/s1. The minimum absolute atomic E-state index is 0.0790. The van der Waals surface area contributed by atoms with Gasteiger partial charge in [-0.15, -0.1) is 10.2 Å². The van der Waals surface area contributed by atoms with E-state index in [1.165, 1.54) is 10.7 Å². The van der Waals surface area contributed by atoms with E-state index in [0.717, 1.165) is 18.5 Å². The van der Waals surface area contributed by atoms with Crippen molar-refractivity contribution in [2.75, 3.05) is 18.0 Å². The number of hydrogen-bond donors (Lipinski definition) is 2. The first-order chi connectivity index (χ1) is 15.5. The van der Waals surface area contributed by atoms with Gasteiger partial charge >= 0.3 is 0 Å². The summed E-state index contributed by atoms with van der Waals surface area (Å²) in [5, 5.41) is 15.4. The summed E-state index contributed by atoms with van der Waals surface area (Å²) in [4.78, 5) is 2.12. The third-order valence-corrected chi connectivity index (χ3v) is 8.32. The zero-order valence-corrected chi connectivity index (χ0v) is 19.7. The van der Waals surface area contributed by atoms with E-state index in [-0.39, 0.29) is 16.1 Å². The summed E-state index contributed by atoms with van der Waals surface area (Å²) in [6.07, 6.45) is 0.391. The van der Waals surface area contributed by atoms with Gasteiger partial charge in [0.2, 0.25) is 15.2 Å². The molecule has 1 saturated carbocycles. The lowest BCUT2D eigenvalue weighted by atomic mass is 10.1. The van der Waals surface area contributed by atoms with Crippen LogP contribution in [0.2, 0.25) is 0 Å². The number of nitrogens with zero attached hydrogens (tertiary/aromatic N) is 5. The van der Waals surface area contributed by atoms with Gasteiger partial charge in [-0.2, -0.15) is 5.10 Å². The highest BCUT2D eigenvalue weighted by molar-refractivity contribution is 7.89. The molecule has 33 heavy (non-hydrogen) atoms. The van der Waals surface area contributed by atoms with Crippen LogP contribution in [-0.4, -0.2) is 53.1 Å². The van der Waals surface area contributed by atoms with Crippen LogP contribution in [0.3, 0.4) is 0 Å². The first-order valence-corrected chi connectivity index (χ1v) is 12.7. The molecule has 1 atom stereocenters. The van der Waals surface area contributed by atoms with Crippen LogP contribution >= 0.6 is 11.3 Å². The van der Waals surface area contributed by atoms with Crippen LogP contribution < -0.4 is 14.9 Å². The van der Waals surface area contributed by atoms with Crippen LogP contribution in [0.5, 0.6) is 0 Å². The monoisotopic (exact) mass is 495 g/mol. The van der Waals surface area contributed by atoms with Crippen molar-refractivity contribution in [1.82, 2.24) is 30.0 Å². The third kappa shape index (κ3) is 4.20. The predicted molar refractivity (Wildman–Crippen MR) is 121 cm³/mol. The van der Waals surface area contributed by atoms with Crippen molar-refractivity contribution in [3.05, 3.63) is 35.6 Å². The molecule has 5 rings (SSSR count). The van der Waals surface area contributed by atoms with Gasteiger partial charge in [-0.25, -0.2) is 26.6 Å². The van der Waals surface area contributed by atoms with Crippen molar-refractivity contribution in [3.63, 3.8) is 0 Å². The number of alkyl halides is 2. The van der Waals surface area contributed by atoms with E-state index in [0.29, 0.717) is 41.0 Å². The Hall–Kier alpha value is -2.64. The van der Waals surface area contributed by atoms with Gasteiger partial charge in [-0.05, 0) is 38.8 Å². The Balaban J connectivity index is 1.67. The van der Waals surface area contributed by atoms with Gasteiger partial charge in [0.15, 0.2) is 5.01 Å². The number of rotatable bonds is 6. The Morgan fingerprint density at radius 3 is 2.73 bits per heavy atom. The van der Waals surface area contributed by atoms with E-state index in [1.54, 1.807) is 12.3 Å². The van der Waals surface area contributed by atoms with Crippen molar-refractivity contribution >= 4 is 38.0 Å². The normalized spacial score (nSPS) is 20.5. The number of nitrogens with one attached hydrogen (secondary N) is 2. The van der Waals surface area contributed by atoms with Crippen molar-refractivity contribution in [1.29, 1.82) is 0 Å². The molecule has 176 valence electrons. The second-order valence-corrected chi connectivity index (χ2v) is 11.5. The van der Waals surface area contributed by atoms with Crippen LogP contribution in [0, 0.1) is 0 Å². The second kappa shape index (κ2) is 7.71. The van der Waals surface area contributed by atoms with Crippen LogP contribution in [0.4, 0.5) is 14.5 Å². The quantitative estimate of drug-likeness (QED) is 0.542. The number of sulfonamides is 1. The van der Waals surface area contributed by atoms with E-state index in [4.69, 9.17) is 0 Å². The Bertz CT molecular complexity index is 1350. The van der Waals surface area contributed by atoms with Gasteiger partial charge in [0.05, 0.1) is 23.2 Å². The number of hydrogen-bond acceptors (Lipinski definition) is 8. The van der Waals surface area contributed by atoms with Gasteiger partial charge in [-0.1, -0.05) is 17.9 Å². The van der Waals surface area contributed by atoms with Crippen LogP contribution in [0.25, 0.3) is 16.0 Å². The molecule has 2 N–H and O–H groups in total. The number of benzene rings is 1. The SMILES string of the molecule is C=C1CN(c2cc(S(=O)(=O)NC3(C)CC3)cc3c2cnn3-c2nnc(C(F)F)s2)C[C@@H](C)N1. The van der Waals surface area contributed by atoms with E-state index < -0.39 is 27.0 Å². The van der Waals surface area contributed by atoms with Gasteiger partial charge < -0.3 is 10.2 Å². The number of fused-ring (bicyclic) bond motifs is 1. The average molecular weight is 496 g/mol. The maximum Gasteiger partial charge on any atom is 0.291 e. The van der Waals surface area contributed by atoms with Crippen molar-refractivity contribution in [2.24, 2.45) is 0 Å². The minimum atomic E-state index is -3.83. The number of piperazine rings is 1. The largest absolute Gasteiger partial charge is 0.383 e. The summed E-state index contributed by atoms with van der Waals surface area (Å²) in [5.41, 5.74) is 1.49. The van der Waals surface area contributed by atoms with Crippen molar-refractivity contribution < 1.29 is 17.2 Å². The molecule has 2 fully saturated rings. The lowest BCUT2D eigenvalue weighted by Gasteiger charge is -2.36. The summed E-state index contributed by atoms with van der Waals surface area (Å²) >= 11 is 0.715. The smallest absolute Gasteiger partial charge is 0.291 e. The highest BCUT2D eigenvalue weighted by Gasteiger charge is 2.41. The Morgan fingerprint density at radius 2 is 2.09 bits per heavy atom. The molecule has 3 aromatic rings. The highest BCUT2D eigenvalue weighted by atomic mass is 32.2. The molecule has 9 nitrogen and oxygen atoms in total. The Labute approximate surface area is 193 Å². The highest BCUT2D eigenvalue weighted by Crippen LogP contribution is 2.38. The molecular formula is C20H23F2N7O2S2. The molecule has 2 aliphatic rings. The van der Waals surface area contributed by atoms with Gasteiger partial charge in [0.1, 0.15) is 0 Å². The summed E-state index contributed by atoms with van der Waals surface area (Å²) in [7, 11) is -3.83. The molecule has 0 bridgehead atoms. The number of anilines is 1. The molecule has 2 aromatic heterocycles. The fourth-order valence-corrected chi connectivity index (χ4v) is 6.15. The Kier molecular flexibility index (Phi) is 5.18. The molecule has 0 spiro atoms. The zero-order chi connectivity index (χ0) is 23.5. The molecule has 0 radical (unpaired) electrons. The fourth-order valence-electron chi connectivity index (χ4n) is 3.97. The molecule has 1 aromatic carbocycles. The molecule has 0 unspecified atom stereocenters. The summed E-state index contributed by atoms with van der Waals surface area (Å²) in [6, 6.07) is 3.25. The summed E-state index contributed by atoms with van der Waals surface area (Å²) in [5.74, 6) is 0. The molecule has 3 heterocycles. The molecule has 0 amide bonds. The minimum Gasteiger partial charge on any atom is -0.383 e. The molecule has 1 aliphatic heterocycles. The first-order valence-electron chi connectivity index (χ1n) is 10.4. The first kappa shape index (κ1) is 22.2. The molecule has 13 heteroatoms. The van der Waals surface area contributed by atoms with Crippen LogP contribution in [0.15, 0.2) is 35.5 Å². The average Bonchev–Trinajstić information content (AvgIpc) is 3.14. The van der Waals surface area contributed by atoms with E-state index in [2.05, 4.69) is 31.9 Å². The van der Waals surface area contributed by atoms with Gasteiger partial charge in [0, 0.05) is 34.9 Å². The molecular weight excluding hydrogens is 472 g/mol. The number of halogens is 2. The zero-order valence-electron chi connectivity index (χ0n) is 18.0. The van der Waals surface area contributed by atoms with Crippen LogP contribution in [-0.2, 0) is 10.0 Å². The van der Waals surface area contributed by atoms with Gasteiger partial charge in [0.25, 0.3) is 6.43 Å². The molecule has 1 saturated heterocycles. The second-order valence-electron chi connectivity index (χ2n) is 8.85. The van der Waals surface area contributed by atoms with E-state index in [1.807, 2.05) is 18.7 Å². The van der Waals surface area contributed by atoms with E-state index in [9.17, 15) is 17.2 Å². The lowest BCUT2D eigenvalue weighted by molar-refractivity contribution is 0.150. The fraction of sp³-hybridized carbons (Fsp3) is 0.450. The maximum atomic E-state index is 13.2. The lowest BCUT2D eigenvalue weighted by Crippen LogP contribution is -2.47. The van der Waals surface area contributed by atoms with Gasteiger partial charge in [-0.3, -0.25) is 0 Å². The molecule has 1 aliphatic carbocycles. The summed E-state index contributed by atoms with van der Waals surface area (Å²) < 4.78 is 56.8. The topological polar surface area (TPSA) is 105 Å². The summed E-state index contributed by atoms with van der Waals surface area (Å²) in [6.45, 7) is 9.03. The van der Waals surface area contributed by atoms with Crippen LogP contribution in [0.1, 0.15) is 38.1 Å². The van der Waals surface area contributed by atoms with E-state index >= 15 is 0 Å².